The average Bonchev–Trinajstić information content (AvgIpc) is 2.78. The molecule has 11 heteroatoms. The van der Waals surface area contributed by atoms with Crippen LogP contribution in [0, 0.1) is 0 Å². The van der Waals surface area contributed by atoms with E-state index in [1.807, 2.05) is 13.8 Å². The Labute approximate surface area is 184 Å². The smallest absolute Gasteiger partial charge is 0.320 e. The van der Waals surface area contributed by atoms with Gasteiger partial charge in [-0.05, 0) is 30.7 Å². The first-order valence-electron chi connectivity index (χ1n) is 9.56. The Morgan fingerprint density at radius 2 is 1.74 bits per heavy atom. The number of anilines is 4. The van der Waals surface area contributed by atoms with E-state index in [1.54, 1.807) is 37.5 Å². The molecule has 162 valence electrons. The van der Waals surface area contributed by atoms with E-state index in [4.69, 9.17) is 11.6 Å². The van der Waals surface area contributed by atoms with Crippen LogP contribution >= 0.6 is 11.6 Å². The molecule has 31 heavy (non-hydrogen) atoms. The number of aromatic nitrogens is 4. The maximum Gasteiger partial charge on any atom is 0.320 e. The summed E-state index contributed by atoms with van der Waals surface area (Å²) in [4.78, 5) is 40.4. The Hall–Kier alpha value is -3.79. The monoisotopic (exact) mass is 442 g/mol. The standard InChI is InChI=1S/C18H17ClN8O2.C2H6/c1-2-21-18(29)27-15-6-14(25-11-4-3-5-20-7-11)13(10-22-15)16(28)26-12-8-23-17(19)24-9-12;1-2/h3-10H,2H2,1H3,(H,26,28)(H3,21,22,25,27,29);1-2H3. The Morgan fingerprint density at radius 3 is 2.39 bits per heavy atom. The van der Waals surface area contributed by atoms with E-state index in [1.165, 1.54) is 18.6 Å². The lowest BCUT2D eigenvalue weighted by Gasteiger charge is -2.14. The van der Waals surface area contributed by atoms with Crippen LogP contribution in [0.3, 0.4) is 0 Å². The molecule has 3 heterocycles. The van der Waals surface area contributed by atoms with Crippen LogP contribution in [-0.2, 0) is 0 Å². The lowest BCUT2D eigenvalue weighted by Crippen LogP contribution is -2.28. The van der Waals surface area contributed by atoms with E-state index in [0.717, 1.165) is 0 Å². The molecule has 0 bridgehead atoms. The highest BCUT2D eigenvalue weighted by Crippen LogP contribution is 2.24. The normalized spacial score (nSPS) is 9.68. The summed E-state index contributed by atoms with van der Waals surface area (Å²) in [5, 5.41) is 11.1. The summed E-state index contributed by atoms with van der Waals surface area (Å²) < 4.78 is 0. The van der Waals surface area contributed by atoms with Crippen molar-refractivity contribution < 1.29 is 9.59 Å². The summed E-state index contributed by atoms with van der Waals surface area (Å²) >= 11 is 5.66. The molecule has 3 amide bonds. The maximum atomic E-state index is 12.8. The fraction of sp³-hybridized carbons (Fsp3) is 0.200. The van der Waals surface area contributed by atoms with Crippen molar-refractivity contribution in [2.45, 2.75) is 20.8 Å². The lowest BCUT2D eigenvalue weighted by atomic mass is 10.2. The Balaban J connectivity index is 0.00000166. The highest BCUT2D eigenvalue weighted by atomic mass is 35.5. The number of pyridine rings is 2. The summed E-state index contributed by atoms with van der Waals surface area (Å²) in [6.07, 6.45) is 7.37. The van der Waals surface area contributed by atoms with E-state index in [2.05, 4.69) is 41.2 Å². The largest absolute Gasteiger partial charge is 0.353 e. The van der Waals surface area contributed by atoms with Crippen molar-refractivity contribution in [3.8, 4) is 0 Å². The molecule has 10 nitrogen and oxygen atoms in total. The van der Waals surface area contributed by atoms with Crippen LogP contribution in [0.2, 0.25) is 5.28 Å². The molecule has 0 aromatic carbocycles. The summed E-state index contributed by atoms with van der Waals surface area (Å²) in [6, 6.07) is 4.69. The summed E-state index contributed by atoms with van der Waals surface area (Å²) in [7, 11) is 0. The predicted molar refractivity (Wildman–Crippen MR) is 121 cm³/mol. The maximum absolute atomic E-state index is 12.8. The minimum atomic E-state index is -0.445. The first kappa shape index (κ1) is 23.5. The molecule has 0 unspecified atom stereocenters. The van der Waals surface area contributed by atoms with Gasteiger partial charge in [0.05, 0.1) is 41.2 Å². The third-order valence-electron chi connectivity index (χ3n) is 3.55. The highest BCUT2D eigenvalue weighted by Gasteiger charge is 2.15. The summed E-state index contributed by atoms with van der Waals surface area (Å²) in [6.45, 7) is 6.27. The average molecular weight is 443 g/mol. The van der Waals surface area contributed by atoms with Gasteiger partial charge in [-0.15, -0.1) is 0 Å². The molecule has 3 aromatic rings. The number of hydrogen-bond donors (Lipinski definition) is 4. The lowest BCUT2D eigenvalue weighted by molar-refractivity contribution is 0.102. The zero-order chi connectivity index (χ0) is 22.6. The summed E-state index contributed by atoms with van der Waals surface area (Å²) in [5.41, 5.74) is 1.69. The Bertz CT molecular complexity index is 1000. The van der Waals surface area contributed by atoms with E-state index in [9.17, 15) is 9.59 Å². The molecule has 0 saturated carbocycles. The van der Waals surface area contributed by atoms with Crippen LogP contribution in [-0.4, -0.2) is 38.4 Å². The van der Waals surface area contributed by atoms with E-state index in [0.29, 0.717) is 23.6 Å². The number of urea groups is 1. The van der Waals surface area contributed by atoms with Crippen molar-refractivity contribution in [2.24, 2.45) is 0 Å². The minimum absolute atomic E-state index is 0.0735. The molecule has 0 spiro atoms. The molecular formula is C20H23ClN8O2. The number of hydrogen-bond acceptors (Lipinski definition) is 7. The van der Waals surface area contributed by atoms with Crippen molar-refractivity contribution >= 4 is 46.4 Å². The number of nitrogens with one attached hydrogen (secondary N) is 4. The van der Waals surface area contributed by atoms with E-state index in [-0.39, 0.29) is 16.7 Å². The second-order valence-corrected chi connectivity index (χ2v) is 6.00. The molecule has 0 radical (unpaired) electrons. The molecule has 3 rings (SSSR count). The van der Waals surface area contributed by atoms with Crippen molar-refractivity contribution in [2.75, 3.05) is 22.5 Å². The van der Waals surface area contributed by atoms with Crippen LogP contribution in [0.1, 0.15) is 31.1 Å². The molecular weight excluding hydrogens is 420 g/mol. The SMILES string of the molecule is CC.CCNC(=O)Nc1cc(Nc2cccnc2)c(C(=O)Nc2cnc(Cl)nc2)cn1. The van der Waals surface area contributed by atoms with Gasteiger partial charge in [-0.25, -0.2) is 19.7 Å². The summed E-state index contributed by atoms with van der Waals surface area (Å²) in [5.74, 6) is -0.173. The number of rotatable bonds is 6. The number of amides is 3. The molecule has 0 fully saturated rings. The Morgan fingerprint density at radius 1 is 1.00 bits per heavy atom. The van der Waals surface area contributed by atoms with Crippen molar-refractivity contribution in [3.05, 3.63) is 60.0 Å². The zero-order valence-electron chi connectivity index (χ0n) is 17.3. The molecule has 3 aromatic heterocycles. The fourth-order valence-corrected chi connectivity index (χ4v) is 2.39. The molecule has 0 aliphatic rings. The number of carbonyl (C=O) groups is 2. The second kappa shape index (κ2) is 12.0. The van der Waals surface area contributed by atoms with Gasteiger partial charge in [0.25, 0.3) is 5.91 Å². The van der Waals surface area contributed by atoms with Crippen LogP contribution in [0.25, 0.3) is 0 Å². The van der Waals surface area contributed by atoms with Gasteiger partial charge in [0.1, 0.15) is 5.82 Å². The predicted octanol–water partition coefficient (Wildman–Crippen LogP) is 4.08. The minimum Gasteiger partial charge on any atom is -0.353 e. The molecule has 0 saturated heterocycles. The first-order valence-corrected chi connectivity index (χ1v) is 9.94. The van der Waals surface area contributed by atoms with Gasteiger partial charge < -0.3 is 16.0 Å². The quantitative estimate of drug-likeness (QED) is 0.422. The number of carbonyl (C=O) groups excluding carboxylic acids is 2. The highest BCUT2D eigenvalue weighted by molar-refractivity contribution is 6.28. The first-order chi connectivity index (χ1) is 15.0. The van der Waals surface area contributed by atoms with Crippen LogP contribution in [0.5, 0.6) is 0 Å². The third-order valence-corrected chi connectivity index (χ3v) is 3.74. The van der Waals surface area contributed by atoms with Crippen molar-refractivity contribution in [3.63, 3.8) is 0 Å². The van der Waals surface area contributed by atoms with Gasteiger partial charge in [0.15, 0.2) is 0 Å². The molecule has 4 N–H and O–H groups in total. The van der Waals surface area contributed by atoms with Gasteiger partial charge in [0, 0.05) is 25.0 Å². The Kier molecular flexibility index (Phi) is 9.12. The van der Waals surface area contributed by atoms with Crippen molar-refractivity contribution in [1.29, 1.82) is 0 Å². The van der Waals surface area contributed by atoms with Gasteiger partial charge in [0.2, 0.25) is 5.28 Å². The van der Waals surface area contributed by atoms with Gasteiger partial charge in [-0.3, -0.25) is 15.1 Å². The number of nitrogens with zero attached hydrogens (tertiary/aromatic N) is 4. The van der Waals surface area contributed by atoms with Crippen LogP contribution in [0.15, 0.2) is 49.2 Å². The van der Waals surface area contributed by atoms with E-state index >= 15 is 0 Å². The van der Waals surface area contributed by atoms with E-state index < -0.39 is 11.9 Å². The van der Waals surface area contributed by atoms with Crippen molar-refractivity contribution in [1.82, 2.24) is 25.3 Å². The van der Waals surface area contributed by atoms with Gasteiger partial charge >= 0.3 is 6.03 Å². The topological polar surface area (TPSA) is 134 Å². The third kappa shape index (κ3) is 7.19. The molecule has 0 aliphatic carbocycles. The zero-order valence-corrected chi connectivity index (χ0v) is 18.1. The fourth-order valence-electron chi connectivity index (χ4n) is 2.30. The molecule has 0 atom stereocenters. The van der Waals surface area contributed by atoms with Crippen LogP contribution in [0.4, 0.5) is 27.7 Å². The molecule has 0 aliphatic heterocycles. The second-order valence-electron chi connectivity index (χ2n) is 5.66. The number of halogens is 1. The van der Waals surface area contributed by atoms with Gasteiger partial charge in [-0.1, -0.05) is 13.8 Å². The van der Waals surface area contributed by atoms with Gasteiger partial charge in [-0.2, -0.15) is 0 Å². The van der Waals surface area contributed by atoms with Crippen LogP contribution < -0.4 is 21.3 Å².